The monoisotopic (exact) mass is 474 g/mol. The summed E-state index contributed by atoms with van der Waals surface area (Å²) in [6.07, 6.45) is 14.4. The smallest absolute Gasteiger partial charge is 0.305 e. The minimum Gasteiger partial charge on any atom is -0.469 e. The van der Waals surface area contributed by atoms with Crippen molar-refractivity contribution in [2.75, 3.05) is 20.2 Å². The molecule has 4 heteroatoms. The third-order valence-electron chi connectivity index (χ3n) is 11.6. The number of hydrogen-bond acceptors (Lipinski definition) is 4. The molecule has 34 heavy (non-hydrogen) atoms. The predicted octanol–water partition coefficient (Wildman–Crippen LogP) is 6.19. The molecule has 0 spiro atoms. The maximum Gasteiger partial charge on any atom is 0.305 e. The van der Waals surface area contributed by atoms with Crippen molar-refractivity contribution >= 4 is 5.97 Å². The molecule has 4 nitrogen and oxygen atoms in total. The molecule has 2 N–H and O–H groups in total. The Hall–Kier alpha value is -0.610. The number of methoxy groups -OCH3 is 1. The lowest BCUT2D eigenvalue weighted by molar-refractivity contribution is -0.141. The van der Waals surface area contributed by atoms with Crippen LogP contribution in [0.5, 0.6) is 0 Å². The van der Waals surface area contributed by atoms with Crippen molar-refractivity contribution < 1.29 is 9.53 Å². The second kappa shape index (κ2) is 10.8. The zero-order valence-electron chi connectivity index (χ0n) is 23.1. The molecule has 4 saturated carbocycles. The molecular weight excluding hydrogens is 420 g/mol. The van der Waals surface area contributed by atoms with Crippen LogP contribution in [0.25, 0.3) is 0 Å². The first-order valence-corrected chi connectivity index (χ1v) is 14.7. The van der Waals surface area contributed by atoms with E-state index in [1.165, 1.54) is 64.9 Å². The number of nitrogens with one attached hydrogen (secondary N) is 2. The second-order valence-electron chi connectivity index (χ2n) is 13.5. The highest BCUT2D eigenvalue weighted by Gasteiger charge is 2.60. The standard InChI is InChI=1S/C30H54N2O2/c1-20(2)31-17-18-32-23-13-15-29(4)22(19-23)8-9-24-26-11-10-25(21(3)7-12-28(33)34-6)30(26,5)16-14-27(24)29/h20-27,31-32H,7-19H2,1-6H3/t21-,22?,23?,24?,25-,26?,27?,29+,30-/m1/s1. The van der Waals surface area contributed by atoms with Gasteiger partial charge >= 0.3 is 5.97 Å². The highest BCUT2D eigenvalue weighted by molar-refractivity contribution is 5.69. The van der Waals surface area contributed by atoms with Crippen molar-refractivity contribution in [1.29, 1.82) is 0 Å². The fourth-order valence-electron chi connectivity index (χ4n) is 9.70. The summed E-state index contributed by atoms with van der Waals surface area (Å²) in [7, 11) is 1.52. The van der Waals surface area contributed by atoms with Gasteiger partial charge in [0, 0.05) is 31.6 Å². The summed E-state index contributed by atoms with van der Waals surface area (Å²) in [6, 6.07) is 1.30. The van der Waals surface area contributed by atoms with E-state index in [1.54, 1.807) is 0 Å². The molecule has 196 valence electrons. The zero-order valence-corrected chi connectivity index (χ0v) is 23.1. The third kappa shape index (κ3) is 5.10. The fourth-order valence-corrected chi connectivity index (χ4v) is 9.70. The van der Waals surface area contributed by atoms with Gasteiger partial charge in [0.15, 0.2) is 0 Å². The van der Waals surface area contributed by atoms with E-state index in [0.29, 0.717) is 29.2 Å². The van der Waals surface area contributed by atoms with Gasteiger partial charge in [0.25, 0.3) is 0 Å². The molecule has 4 aliphatic carbocycles. The molecule has 0 heterocycles. The van der Waals surface area contributed by atoms with Gasteiger partial charge in [0.1, 0.15) is 0 Å². The number of carbonyl (C=O) groups is 1. The number of rotatable bonds is 9. The Morgan fingerprint density at radius 2 is 1.68 bits per heavy atom. The van der Waals surface area contributed by atoms with E-state index in [9.17, 15) is 4.79 Å². The van der Waals surface area contributed by atoms with Crippen LogP contribution in [0, 0.1) is 46.3 Å². The average Bonchev–Trinajstić information content (AvgIpc) is 3.17. The minimum absolute atomic E-state index is 0.0391. The second-order valence-corrected chi connectivity index (χ2v) is 13.5. The Balaban J connectivity index is 1.36. The molecule has 9 atom stereocenters. The number of carbonyl (C=O) groups excluding carboxylic acids is 1. The van der Waals surface area contributed by atoms with Gasteiger partial charge in [-0.15, -0.1) is 0 Å². The van der Waals surface area contributed by atoms with Gasteiger partial charge in [0.05, 0.1) is 7.11 Å². The maximum atomic E-state index is 11.7. The van der Waals surface area contributed by atoms with Gasteiger partial charge in [-0.25, -0.2) is 0 Å². The van der Waals surface area contributed by atoms with Crippen LogP contribution in [0.3, 0.4) is 0 Å². The first-order chi connectivity index (χ1) is 16.2. The van der Waals surface area contributed by atoms with Gasteiger partial charge in [-0.1, -0.05) is 34.6 Å². The van der Waals surface area contributed by atoms with Crippen molar-refractivity contribution in [3.63, 3.8) is 0 Å². The molecular formula is C30H54N2O2. The lowest BCUT2D eigenvalue weighted by atomic mass is 9.44. The zero-order chi connectivity index (χ0) is 24.5. The molecule has 0 aliphatic heterocycles. The van der Waals surface area contributed by atoms with Crippen LogP contribution in [0.4, 0.5) is 0 Å². The van der Waals surface area contributed by atoms with E-state index in [4.69, 9.17) is 4.74 Å². The number of ether oxygens (including phenoxy) is 1. The van der Waals surface area contributed by atoms with Crippen molar-refractivity contribution in [2.45, 2.75) is 117 Å². The molecule has 4 fully saturated rings. The lowest BCUT2D eigenvalue weighted by Crippen LogP contribution is -2.55. The molecule has 5 unspecified atom stereocenters. The Labute approximate surface area is 210 Å². The fraction of sp³-hybridized carbons (Fsp3) is 0.967. The molecule has 0 amide bonds. The van der Waals surface area contributed by atoms with E-state index in [0.717, 1.165) is 55.1 Å². The van der Waals surface area contributed by atoms with Crippen LogP contribution < -0.4 is 10.6 Å². The molecule has 0 bridgehead atoms. The van der Waals surface area contributed by atoms with Gasteiger partial charge in [-0.2, -0.15) is 0 Å². The Kier molecular flexibility index (Phi) is 8.39. The summed E-state index contributed by atoms with van der Waals surface area (Å²) in [5.74, 6) is 5.08. The SMILES string of the molecule is COC(=O)CC[C@@H](C)[C@H]1CCC2C3CCC4CC(NCCNC(C)C)CC[C@]4(C)C3CC[C@@]21C. The molecule has 4 aliphatic rings. The minimum atomic E-state index is -0.0391. The number of hydrogen-bond donors (Lipinski definition) is 2. The van der Waals surface area contributed by atoms with Gasteiger partial charge in [-0.3, -0.25) is 4.79 Å². The topological polar surface area (TPSA) is 50.4 Å². The van der Waals surface area contributed by atoms with Crippen molar-refractivity contribution in [3.8, 4) is 0 Å². The van der Waals surface area contributed by atoms with E-state index < -0.39 is 0 Å². The van der Waals surface area contributed by atoms with Crippen LogP contribution in [0.1, 0.15) is 105 Å². The van der Waals surface area contributed by atoms with E-state index in [1.807, 2.05) is 0 Å². The Morgan fingerprint density at radius 3 is 2.41 bits per heavy atom. The largest absolute Gasteiger partial charge is 0.469 e. The molecule has 0 radical (unpaired) electrons. The van der Waals surface area contributed by atoms with Gasteiger partial charge in [0.2, 0.25) is 0 Å². The van der Waals surface area contributed by atoms with Crippen molar-refractivity contribution in [3.05, 3.63) is 0 Å². The third-order valence-corrected chi connectivity index (χ3v) is 11.6. The summed E-state index contributed by atoms with van der Waals surface area (Å²) in [4.78, 5) is 11.7. The van der Waals surface area contributed by atoms with Crippen molar-refractivity contribution in [2.24, 2.45) is 46.3 Å². The lowest BCUT2D eigenvalue weighted by Gasteiger charge is -2.61. The molecule has 0 saturated heterocycles. The molecule has 4 rings (SSSR count). The first-order valence-electron chi connectivity index (χ1n) is 14.7. The number of esters is 1. The Morgan fingerprint density at radius 1 is 0.941 bits per heavy atom. The summed E-state index contributed by atoms with van der Waals surface area (Å²) >= 11 is 0. The molecule has 0 aromatic heterocycles. The van der Waals surface area contributed by atoms with Crippen LogP contribution in [-0.4, -0.2) is 38.3 Å². The van der Waals surface area contributed by atoms with Crippen LogP contribution >= 0.6 is 0 Å². The van der Waals surface area contributed by atoms with Gasteiger partial charge < -0.3 is 15.4 Å². The van der Waals surface area contributed by atoms with Gasteiger partial charge in [-0.05, 0) is 111 Å². The number of fused-ring (bicyclic) bond motifs is 5. The van der Waals surface area contributed by atoms with Crippen LogP contribution in [0.15, 0.2) is 0 Å². The van der Waals surface area contributed by atoms with Crippen molar-refractivity contribution in [1.82, 2.24) is 10.6 Å². The highest BCUT2D eigenvalue weighted by atomic mass is 16.5. The van der Waals surface area contributed by atoms with E-state index >= 15 is 0 Å². The van der Waals surface area contributed by atoms with Crippen LogP contribution in [-0.2, 0) is 9.53 Å². The Bertz CT molecular complexity index is 695. The molecule has 0 aromatic carbocycles. The predicted molar refractivity (Wildman–Crippen MR) is 141 cm³/mol. The van der Waals surface area contributed by atoms with Crippen LogP contribution in [0.2, 0.25) is 0 Å². The highest BCUT2D eigenvalue weighted by Crippen LogP contribution is 2.68. The quantitative estimate of drug-likeness (QED) is 0.309. The van der Waals surface area contributed by atoms with E-state index in [2.05, 4.69) is 45.3 Å². The summed E-state index contributed by atoms with van der Waals surface area (Å²) in [5, 5.41) is 7.44. The summed E-state index contributed by atoms with van der Waals surface area (Å²) in [6.45, 7) is 14.4. The summed E-state index contributed by atoms with van der Waals surface area (Å²) < 4.78 is 4.92. The van der Waals surface area contributed by atoms with E-state index in [-0.39, 0.29) is 5.97 Å². The normalized spacial score (nSPS) is 42.6. The summed E-state index contributed by atoms with van der Waals surface area (Å²) in [5.41, 5.74) is 1.05. The molecule has 0 aromatic rings. The average molecular weight is 475 g/mol. The maximum absolute atomic E-state index is 11.7. The first kappa shape index (κ1) is 26.5.